The molecule has 1 aliphatic rings. The summed E-state index contributed by atoms with van der Waals surface area (Å²) in [5.41, 5.74) is 0.437. The van der Waals surface area contributed by atoms with Crippen LogP contribution in [0.3, 0.4) is 0 Å². The summed E-state index contributed by atoms with van der Waals surface area (Å²) >= 11 is 0. The lowest BCUT2D eigenvalue weighted by Gasteiger charge is -2.39. The SMILES string of the molecule is CC(CCNC1CCCCC1(C)C)S(C)=O. The summed E-state index contributed by atoms with van der Waals surface area (Å²) in [4.78, 5) is 0. The molecule has 16 heavy (non-hydrogen) atoms. The van der Waals surface area contributed by atoms with Crippen molar-refractivity contribution in [2.45, 2.75) is 64.2 Å². The Kier molecular flexibility index (Phi) is 5.45. The van der Waals surface area contributed by atoms with Gasteiger partial charge in [-0.2, -0.15) is 0 Å². The quantitative estimate of drug-likeness (QED) is 0.807. The number of nitrogens with one attached hydrogen (secondary N) is 1. The maximum Gasteiger partial charge on any atom is 0.0329 e. The summed E-state index contributed by atoms with van der Waals surface area (Å²) < 4.78 is 11.2. The lowest BCUT2D eigenvalue weighted by molar-refractivity contribution is 0.168. The Bertz CT molecular complexity index is 240. The maximum atomic E-state index is 11.2. The summed E-state index contributed by atoms with van der Waals surface area (Å²) in [7, 11) is -0.676. The fraction of sp³-hybridized carbons (Fsp3) is 1.00. The van der Waals surface area contributed by atoms with Crippen molar-refractivity contribution in [3.63, 3.8) is 0 Å². The zero-order valence-electron chi connectivity index (χ0n) is 11.2. The number of hydrogen-bond donors (Lipinski definition) is 1. The van der Waals surface area contributed by atoms with Gasteiger partial charge in [-0.05, 0) is 31.2 Å². The third-order valence-corrected chi connectivity index (χ3v) is 5.38. The molecule has 1 saturated carbocycles. The highest BCUT2D eigenvalue weighted by molar-refractivity contribution is 7.84. The first-order valence-corrected chi connectivity index (χ1v) is 8.11. The van der Waals surface area contributed by atoms with E-state index in [9.17, 15) is 4.21 Å². The van der Waals surface area contributed by atoms with Crippen LogP contribution in [0.5, 0.6) is 0 Å². The van der Waals surface area contributed by atoms with Crippen LogP contribution in [0, 0.1) is 5.41 Å². The topological polar surface area (TPSA) is 29.1 Å². The smallest absolute Gasteiger partial charge is 0.0329 e. The molecular formula is C13H27NOS. The van der Waals surface area contributed by atoms with Gasteiger partial charge in [0.05, 0.1) is 0 Å². The minimum absolute atomic E-state index is 0.319. The Balaban J connectivity index is 2.28. The van der Waals surface area contributed by atoms with Crippen molar-refractivity contribution in [2.75, 3.05) is 12.8 Å². The van der Waals surface area contributed by atoms with E-state index < -0.39 is 10.8 Å². The van der Waals surface area contributed by atoms with Crippen molar-refractivity contribution in [3.05, 3.63) is 0 Å². The summed E-state index contributed by atoms with van der Waals surface area (Å²) in [6.07, 6.45) is 8.19. The standard InChI is InChI=1S/C13H27NOS/c1-11(16(4)15)8-10-14-12-7-5-6-9-13(12,2)3/h11-12,14H,5-10H2,1-4H3. The van der Waals surface area contributed by atoms with Gasteiger partial charge in [-0.15, -0.1) is 0 Å². The van der Waals surface area contributed by atoms with E-state index in [-0.39, 0.29) is 0 Å². The molecule has 3 atom stereocenters. The van der Waals surface area contributed by atoms with Gasteiger partial charge < -0.3 is 5.32 Å². The second kappa shape index (κ2) is 6.15. The van der Waals surface area contributed by atoms with Crippen LogP contribution in [-0.4, -0.2) is 28.3 Å². The first-order valence-electron chi connectivity index (χ1n) is 6.49. The van der Waals surface area contributed by atoms with Crippen LogP contribution >= 0.6 is 0 Å². The van der Waals surface area contributed by atoms with Crippen molar-refractivity contribution in [1.29, 1.82) is 0 Å². The van der Waals surface area contributed by atoms with E-state index in [0.717, 1.165) is 13.0 Å². The van der Waals surface area contributed by atoms with Crippen molar-refractivity contribution in [3.8, 4) is 0 Å². The van der Waals surface area contributed by atoms with Gasteiger partial charge in [0, 0.05) is 28.3 Å². The predicted octanol–water partition coefficient (Wildman–Crippen LogP) is 2.70. The summed E-state index contributed by atoms with van der Waals surface area (Å²) in [6, 6.07) is 0.652. The highest BCUT2D eigenvalue weighted by Crippen LogP contribution is 2.35. The van der Waals surface area contributed by atoms with Gasteiger partial charge in [-0.3, -0.25) is 4.21 Å². The van der Waals surface area contributed by atoms with E-state index in [1.807, 2.05) is 0 Å². The molecule has 2 nitrogen and oxygen atoms in total. The molecule has 1 rings (SSSR count). The lowest BCUT2D eigenvalue weighted by Crippen LogP contribution is -2.44. The molecule has 0 spiro atoms. The molecule has 3 heteroatoms. The molecule has 0 heterocycles. The van der Waals surface area contributed by atoms with Crippen LogP contribution in [0.25, 0.3) is 0 Å². The van der Waals surface area contributed by atoms with Gasteiger partial charge in [-0.25, -0.2) is 0 Å². The molecule has 0 aromatic heterocycles. The first kappa shape index (κ1) is 14.2. The Hall–Kier alpha value is 0.110. The van der Waals surface area contributed by atoms with Crippen LogP contribution in [0.2, 0.25) is 0 Å². The molecule has 0 radical (unpaired) electrons. The molecule has 0 aromatic carbocycles. The summed E-state index contributed by atoms with van der Waals surface area (Å²) in [6.45, 7) is 7.81. The van der Waals surface area contributed by atoms with E-state index in [2.05, 4.69) is 26.1 Å². The normalized spacial score (nSPS) is 28.6. The van der Waals surface area contributed by atoms with Crippen LogP contribution in [0.4, 0.5) is 0 Å². The van der Waals surface area contributed by atoms with E-state index in [0.29, 0.717) is 16.7 Å². The van der Waals surface area contributed by atoms with Gasteiger partial charge in [0.1, 0.15) is 0 Å². The fourth-order valence-electron chi connectivity index (χ4n) is 2.50. The molecule has 0 aromatic rings. The van der Waals surface area contributed by atoms with Gasteiger partial charge in [-0.1, -0.05) is 33.6 Å². The largest absolute Gasteiger partial charge is 0.313 e. The fourth-order valence-corrected chi connectivity index (χ4v) is 2.95. The number of hydrogen-bond acceptors (Lipinski definition) is 2. The van der Waals surface area contributed by atoms with Crippen LogP contribution in [0.1, 0.15) is 52.9 Å². The first-order chi connectivity index (χ1) is 7.43. The third kappa shape index (κ3) is 4.17. The highest BCUT2D eigenvalue weighted by atomic mass is 32.2. The second-order valence-corrected chi connectivity index (χ2v) is 7.64. The Labute approximate surface area is 103 Å². The van der Waals surface area contributed by atoms with Gasteiger partial charge in [0.2, 0.25) is 0 Å². The maximum absolute atomic E-state index is 11.2. The molecule has 0 aliphatic heterocycles. The highest BCUT2D eigenvalue weighted by Gasteiger charge is 2.31. The Morgan fingerprint density at radius 1 is 1.44 bits per heavy atom. The van der Waals surface area contributed by atoms with Crippen molar-refractivity contribution >= 4 is 10.8 Å². The van der Waals surface area contributed by atoms with Gasteiger partial charge in [0.15, 0.2) is 0 Å². The van der Waals surface area contributed by atoms with Crippen LogP contribution in [-0.2, 0) is 10.8 Å². The molecular weight excluding hydrogens is 218 g/mol. The monoisotopic (exact) mass is 245 g/mol. The molecule has 1 N–H and O–H groups in total. The van der Waals surface area contributed by atoms with E-state index in [1.165, 1.54) is 25.7 Å². The van der Waals surface area contributed by atoms with Gasteiger partial charge in [0.25, 0.3) is 0 Å². The van der Waals surface area contributed by atoms with E-state index in [4.69, 9.17) is 0 Å². The summed E-state index contributed by atoms with van der Waals surface area (Å²) in [5, 5.41) is 3.98. The lowest BCUT2D eigenvalue weighted by atomic mass is 9.73. The number of rotatable bonds is 5. The third-order valence-electron chi connectivity index (χ3n) is 4.02. The molecule has 0 saturated heterocycles. The molecule has 1 fully saturated rings. The zero-order valence-corrected chi connectivity index (χ0v) is 12.0. The predicted molar refractivity (Wildman–Crippen MR) is 72.2 cm³/mol. The minimum Gasteiger partial charge on any atom is -0.313 e. The minimum atomic E-state index is -0.676. The molecule has 96 valence electrons. The molecule has 0 bridgehead atoms. The van der Waals surface area contributed by atoms with E-state index in [1.54, 1.807) is 6.26 Å². The summed E-state index contributed by atoms with van der Waals surface area (Å²) in [5.74, 6) is 0. The van der Waals surface area contributed by atoms with Gasteiger partial charge >= 0.3 is 0 Å². The van der Waals surface area contributed by atoms with Crippen molar-refractivity contribution in [2.24, 2.45) is 5.41 Å². The van der Waals surface area contributed by atoms with Crippen LogP contribution < -0.4 is 5.32 Å². The van der Waals surface area contributed by atoms with Crippen molar-refractivity contribution in [1.82, 2.24) is 5.32 Å². The van der Waals surface area contributed by atoms with Crippen molar-refractivity contribution < 1.29 is 4.21 Å². The van der Waals surface area contributed by atoms with E-state index >= 15 is 0 Å². The Morgan fingerprint density at radius 2 is 2.12 bits per heavy atom. The molecule has 3 unspecified atom stereocenters. The second-order valence-electron chi connectivity index (χ2n) is 5.84. The molecule has 1 aliphatic carbocycles. The van der Waals surface area contributed by atoms with Crippen LogP contribution in [0.15, 0.2) is 0 Å². The average Bonchev–Trinajstić information content (AvgIpc) is 2.19. The average molecular weight is 245 g/mol. The zero-order chi connectivity index (χ0) is 12.2. The molecule has 0 amide bonds. The Morgan fingerprint density at radius 3 is 2.69 bits per heavy atom.